The number of benzene rings is 3. The molecule has 5 rings (SSSR count). The summed E-state index contributed by atoms with van der Waals surface area (Å²) in [5, 5.41) is 4.57. The van der Waals surface area contributed by atoms with Crippen molar-refractivity contribution >= 4 is 16.9 Å². The van der Waals surface area contributed by atoms with Crippen LogP contribution in [0.25, 0.3) is 5.52 Å². The number of hydrogen-bond donors (Lipinski definition) is 0. The highest BCUT2D eigenvalue weighted by Gasteiger charge is 2.08. The number of ether oxygens (including phenoxy) is 1. The van der Waals surface area contributed by atoms with E-state index in [2.05, 4.69) is 29.4 Å². The monoisotopic (exact) mass is 403 g/mol. The predicted octanol–water partition coefficient (Wildman–Crippen LogP) is 6.08. The van der Waals surface area contributed by atoms with E-state index in [0.29, 0.717) is 12.5 Å². The second-order valence-corrected chi connectivity index (χ2v) is 7.21. The fraction of sp³-hybridized carbons (Fsp3) is 0.0370. The first kappa shape index (κ1) is 18.8. The zero-order chi connectivity index (χ0) is 20.9. The lowest BCUT2D eigenvalue weighted by Crippen LogP contribution is -2.02. The fourth-order valence-electron chi connectivity index (χ4n) is 3.44. The summed E-state index contributed by atoms with van der Waals surface area (Å²) in [7, 11) is 0. The topological polar surface area (TPSA) is 38.9 Å². The van der Waals surface area contributed by atoms with Gasteiger partial charge in [-0.15, -0.1) is 5.10 Å². The van der Waals surface area contributed by atoms with Crippen molar-refractivity contribution in [3.63, 3.8) is 0 Å². The molecule has 0 N–H and O–H groups in total. The predicted molar refractivity (Wildman–Crippen MR) is 124 cm³/mol. The average molecular weight is 403 g/mol. The molecule has 0 fully saturated rings. The van der Waals surface area contributed by atoms with Crippen molar-refractivity contribution < 1.29 is 4.74 Å². The minimum absolute atomic E-state index is 0.488. The third-order valence-corrected chi connectivity index (χ3v) is 4.99. The molecule has 0 unspecified atom stereocenters. The summed E-state index contributed by atoms with van der Waals surface area (Å²) in [6.45, 7) is 0.488. The van der Waals surface area contributed by atoms with Crippen molar-refractivity contribution in [2.75, 3.05) is 0 Å². The Bertz CT molecular complexity index is 1270. The summed E-state index contributed by atoms with van der Waals surface area (Å²) < 4.78 is 7.68. The molecule has 0 saturated heterocycles. The Hall–Kier alpha value is -4.18. The molecule has 0 radical (unpaired) electrons. The summed E-state index contributed by atoms with van der Waals surface area (Å²) in [5.74, 6) is 0.594. The second kappa shape index (κ2) is 8.67. The van der Waals surface area contributed by atoms with Crippen LogP contribution in [0.3, 0.4) is 0 Å². The average Bonchev–Trinajstić information content (AvgIpc) is 3.25. The lowest BCUT2D eigenvalue weighted by molar-refractivity contribution is 0.292. The van der Waals surface area contributed by atoms with Gasteiger partial charge >= 0.3 is 0 Å². The van der Waals surface area contributed by atoms with E-state index in [4.69, 9.17) is 9.73 Å². The molecule has 0 atom stereocenters. The van der Waals surface area contributed by atoms with Crippen LogP contribution in [0.2, 0.25) is 0 Å². The highest BCUT2D eigenvalue weighted by atomic mass is 16.5. The molecule has 3 aromatic carbocycles. The minimum Gasteiger partial charge on any atom is -0.472 e. The van der Waals surface area contributed by atoms with Crippen molar-refractivity contribution in [1.29, 1.82) is 0 Å². The lowest BCUT2D eigenvalue weighted by Gasteiger charge is -2.08. The minimum atomic E-state index is 0.488. The summed E-state index contributed by atoms with van der Waals surface area (Å²) in [4.78, 5) is 4.97. The van der Waals surface area contributed by atoms with E-state index in [0.717, 1.165) is 33.6 Å². The molecule has 4 heteroatoms. The zero-order valence-corrected chi connectivity index (χ0v) is 16.9. The van der Waals surface area contributed by atoms with Gasteiger partial charge in [-0.25, -0.2) is 9.51 Å². The second-order valence-electron chi connectivity index (χ2n) is 7.21. The number of nitrogens with zero attached hydrogens (tertiary/aromatic N) is 3. The molecular weight excluding hydrogens is 382 g/mol. The first-order valence-electron chi connectivity index (χ1n) is 10.2. The van der Waals surface area contributed by atoms with E-state index < -0.39 is 0 Å². The number of hydrogen-bond acceptors (Lipinski definition) is 3. The van der Waals surface area contributed by atoms with Crippen molar-refractivity contribution in [3.8, 4) is 5.88 Å². The van der Waals surface area contributed by atoms with Crippen LogP contribution in [0.15, 0.2) is 120 Å². The van der Waals surface area contributed by atoms with Crippen LogP contribution >= 0.6 is 0 Å². The number of pyridine rings is 1. The van der Waals surface area contributed by atoms with Crippen LogP contribution < -0.4 is 4.74 Å². The largest absolute Gasteiger partial charge is 0.472 e. The first-order valence-corrected chi connectivity index (χ1v) is 10.2. The lowest BCUT2D eigenvalue weighted by atomic mass is 10.0. The van der Waals surface area contributed by atoms with E-state index in [1.54, 1.807) is 0 Å². The van der Waals surface area contributed by atoms with Gasteiger partial charge < -0.3 is 4.74 Å². The first-order chi connectivity index (χ1) is 15.3. The maximum atomic E-state index is 5.87. The van der Waals surface area contributed by atoms with E-state index in [1.807, 2.05) is 95.6 Å². The van der Waals surface area contributed by atoms with E-state index in [-0.39, 0.29) is 0 Å². The molecular formula is C27H21N3O. The maximum absolute atomic E-state index is 5.87. The van der Waals surface area contributed by atoms with Gasteiger partial charge in [0.05, 0.1) is 23.1 Å². The molecule has 0 spiro atoms. The van der Waals surface area contributed by atoms with Crippen LogP contribution in [0, 0.1) is 0 Å². The standard InChI is InChI=1S/C27H21N3O/c1-4-10-21(11-5-1)20-31-26-18-25-17-16-24(19-30(25)29-26)28-27(22-12-6-2-7-13-22)23-14-8-3-9-15-23/h1-19H,20H2. The molecule has 0 amide bonds. The third kappa shape index (κ3) is 4.38. The Balaban J connectivity index is 1.46. The molecule has 5 aromatic rings. The van der Waals surface area contributed by atoms with Gasteiger partial charge in [0, 0.05) is 17.2 Å². The molecule has 0 aliphatic carbocycles. The number of aliphatic imine (C=N–C) groups is 1. The SMILES string of the molecule is c1ccc(COc2cc3ccc(N=C(c4ccccc4)c4ccccc4)cn3n2)cc1. The number of aromatic nitrogens is 2. The zero-order valence-electron chi connectivity index (χ0n) is 16.9. The Morgan fingerprint density at radius 1 is 0.742 bits per heavy atom. The molecule has 2 heterocycles. The Morgan fingerprint density at radius 2 is 1.35 bits per heavy atom. The molecule has 0 bridgehead atoms. The van der Waals surface area contributed by atoms with E-state index >= 15 is 0 Å². The van der Waals surface area contributed by atoms with Gasteiger partial charge in [-0.1, -0.05) is 91.0 Å². The molecule has 0 saturated carbocycles. The van der Waals surface area contributed by atoms with Gasteiger partial charge in [0.1, 0.15) is 6.61 Å². The van der Waals surface area contributed by atoms with Gasteiger partial charge in [-0.05, 0) is 17.7 Å². The van der Waals surface area contributed by atoms with Crippen LogP contribution in [0.1, 0.15) is 16.7 Å². The molecule has 2 aromatic heterocycles. The Kier molecular flexibility index (Phi) is 5.27. The third-order valence-electron chi connectivity index (χ3n) is 4.99. The van der Waals surface area contributed by atoms with Gasteiger partial charge in [0.2, 0.25) is 5.88 Å². The molecule has 0 aliphatic rings. The molecule has 4 nitrogen and oxygen atoms in total. The van der Waals surface area contributed by atoms with Gasteiger partial charge in [-0.2, -0.15) is 0 Å². The smallest absolute Gasteiger partial charge is 0.234 e. The van der Waals surface area contributed by atoms with Crippen LogP contribution in [0.5, 0.6) is 5.88 Å². The Labute approximate surface area is 181 Å². The molecule has 0 aliphatic heterocycles. The number of rotatable bonds is 6. The van der Waals surface area contributed by atoms with E-state index in [1.165, 1.54) is 0 Å². The fourth-order valence-corrected chi connectivity index (χ4v) is 3.44. The van der Waals surface area contributed by atoms with Crippen molar-refractivity contribution in [3.05, 3.63) is 132 Å². The Morgan fingerprint density at radius 3 is 2.00 bits per heavy atom. The maximum Gasteiger partial charge on any atom is 0.234 e. The summed E-state index contributed by atoms with van der Waals surface area (Å²) in [5.41, 5.74) is 5.96. The van der Waals surface area contributed by atoms with Gasteiger partial charge in [0.25, 0.3) is 0 Å². The molecule has 150 valence electrons. The van der Waals surface area contributed by atoms with Crippen molar-refractivity contribution in [2.45, 2.75) is 6.61 Å². The van der Waals surface area contributed by atoms with E-state index in [9.17, 15) is 0 Å². The summed E-state index contributed by atoms with van der Waals surface area (Å²) >= 11 is 0. The molecule has 31 heavy (non-hydrogen) atoms. The highest BCUT2D eigenvalue weighted by molar-refractivity contribution is 6.13. The van der Waals surface area contributed by atoms with Gasteiger partial charge in [0.15, 0.2) is 0 Å². The summed E-state index contributed by atoms with van der Waals surface area (Å²) in [6.07, 6.45) is 1.93. The van der Waals surface area contributed by atoms with Crippen LogP contribution in [-0.2, 0) is 6.61 Å². The highest BCUT2D eigenvalue weighted by Crippen LogP contribution is 2.22. The number of fused-ring (bicyclic) bond motifs is 1. The van der Waals surface area contributed by atoms with Crippen molar-refractivity contribution in [1.82, 2.24) is 9.61 Å². The van der Waals surface area contributed by atoms with Crippen LogP contribution in [0.4, 0.5) is 5.69 Å². The van der Waals surface area contributed by atoms with Crippen molar-refractivity contribution in [2.24, 2.45) is 4.99 Å². The normalized spacial score (nSPS) is 10.7. The quantitative estimate of drug-likeness (QED) is 0.322. The van der Waals surface area contributed by atoms with Gasteiger partial charge in [-0.3, -0.25) is 0 Å². The van der Waals surface area contributed by atoms with Crippen LogP contribution in [-0.4, -0.2) is 15.3 Å². The summed E-state index contributed by atoms with van der Waals surface area (Å²) in [6, 6.07) is 36.5.